The van der Waals surface area contributed by atoms with Gasteiger partial charge in [0, 0.05) is 15.8 Å². The van der Waals surface area contributed by atoms with E-state index in [0.29, 0.717) is 21.6 Å². The van der Waals surface area contributed by atoms with Gasteiger partial charge in [-0.05, 0) is 49.4 Å². The van der Waals surface area contributed by atoms with Gasteiger partial charge in [-0.25, -0.2) is 9.78 Å². The number of nitrogens with one attached hydrogen (secondary N) is 1. The van der Waals surface area contributed by atoms with Crippen molar-refractivity contribution < 1.29 is 9.53 Å². The smallest absolute Gasteiger partial charge is 0.339 e. The maximum atomic E-state index is 12.7. The van der Waals surface area contributed by atoms with E-state index in [-0.39, 0.29) is 5.56 Å². The number of benzene rings is 1. The predicted octanol–water partition coefficient (Wildman–Crippen LogP) is 5.25. The molecule has 4 aromatic rings. The molecular formula is C21H18N2O3S2. The number of H-pyrrole nitrogens is 1. The van der Waals surface area contributed by atoms with Crippen molar-refractivity contribution in [2.45, 2.75) is 26.9 Å². The summed E-state index contributed by atoms with van der Waals surface area (Å²) in [5.41, 5.74) is 3.09. The minimum atomic E-state index is -0.670. The average Bonchev–Trinajstić information content (AvgIpc) is 3.33. The van der Waals surface area contributed by atoms with Crippen LogP contribution < -0.4 is 5.56 Å². The number of ether oxygens (including phenoxy) is 1. The minimum absolute atomic E-state index is 0.223. The third kappa shape index (κ3) is 3.27. The summed E-state index contributed by atoms with van der Waals surface area (Å²) in [6.45, 7) is 5.55. The van der Waals surface area contributed by atoms with E-state index in [4.69, 9.17) is 4.74 Å². The fraction of sp³-hybridized carbons (Fsp3) is 0.190. The molecule has 3 aromatic heterocycles. The van der Waals surface area contributed by atoms with Gasteiger partial charge in [-0.2, -0.15) is 0 Å². The highest BCUT2D eigenvalue weighted by molar-refractivity contribution is 7.18. The number of fused-ring (bicyclic) bond motifs is 1. The molecule has 1 N–H and O–H groups in total. The first-order valence-corrected chi connectivity index (χ1v) is 10.5. The quantitative estimate of drug-likeness (QED) is 0.467. The molecule has 0 aliphatic carbocycles. The Bertz CT molecular complexity index is 1220. The first-order valence-electron chi connectivity index (χ1n) is 8.78. The number of carbonyl (C=O) groups is 1. The number of thiophene rings is 2. The Morgan fingerprint density at radius 1 is 1.18 bits per heavy atom. The number of aromatic amines is 1. The zero-order chi connectivity index (χ0) is 19.8. The molecule has 0 aliphatic rings. The number of carbonyl (C=O) groups excluding carboxylic acids is 1. The molecule has 0 unspecified atom stereocenters. The Morgan fingerprint density at radius 3 is 2.75 bits per heavy atom. The van der Waals surface area contributed by atoms with Crippen molar-refractivity contribution in [2.24, 2.45) is 0 Å². The molecule has 142 valence electrons. The lowest BCUT2D eigenvalue weighted by atomic mass is 10.0. The molecule has 1 aromatic carbocycles. The number of rotatable bonds is 4. The van der Waals surface area contributed by atoms with Gasteiger partial charge in [0.2, 0.25) is 0 Å². The molecule has 0 saturated heterocycles. The van der Waals surface area contributed by atoms with E-state index in [1.165, 1.54) is 11.3 Å². The van der Waals surface area contributed by atoms with E-state index < -0.39 is 12.1 Å². The second-order valence-corrected chi connectivity index (χ2v) is 8.36. The number of hydrogen-bond acceptors (Lipinski definition) is 6. The van der Waals surface area contributed by atoms with Crippen LogP contribution in [0.2, 0.25) is 0 Å². The van der Waals surface area contributed by atoms with E-state index in [9.17, 15) is 9.59 Å². The zero-order valence-corrected chi connectivity index (χ0v) is 17.2. The van der Waals surface area contributed by atoms with Gasteiger partial charge in [0.05, 0.1) is 10.9 Å². The zero-order valence-electron chi connectivity index (χ0n) is 15.6. The molecule has 0 aliphatic heterocycles. The highest BCUT2D eigenvalue weighted by Crippen LogP contribution is 2.34. The third-order valence-electron chi connectivity index (χ3n) is 4.74. The number of hydrogen-bond donors (Lipinski definition) is 1. The van der Waals surface area contributed by atoms with Gasteiger partial charge in [0.15, 0.2) is 11.9 Å². The van der Waals surface area contributed by atoms with Crippen molar-refractivity contribution in [1.82, 2.24) is 9.97 Å². The highest BCUT2D eigenvalue weighted by atomic mass is 32.1. The Kier molecular flexibility index (Phi) is 4.87. The SMILES string of the molecule is Cc1cccc(C(=O)O[C@@H](C)c2nc3scc(-c4cccs4)c3c(=O)[nH]2)c1C. The van der Waals surface area contributed by atoms with Crippen LogP contribution in [0.4, 0.5) is 0 Å². The highest BCUT2D eigenvalue weighted by Gasteiger charge is 2.20. The molecule has 4 rings (SSSR count). The summed E-state index contributed by atoms with van der Waals surface area (Å²) in [5.74, 6) is -0.0855. The summed E-state index contributed by atoms with van der Waals surface area (Å²) < 4.78 is 5.58. The maximum Gasteiger partial charge on any atom is 0.339 e. The van der Waals surface area contributed by atoms with Crippen LogP contribution in [0.15, 0.2) is 45.9 Å². The van der Waals surface area contributed by atoms with E-state index in [1.807, 2.05) is 48.9 Å². The van der Waals surface area contributed by atoms with Crippen molar-refractivity contribution in [1.29, 1.82) is 0 Å². The first kappa shape index (κ1) is 18.6. The predicted molar refractivity (Wildman–Crippen MR) is 113 cm³/mol. The first-order chi connectivity index (χ1) is 13.5. The van der Waals surface area contributed by atoms with Crippen LogP contribution in [0.5, 0.6) is 0 Å². The van der Waals surface area contributed by atoms with E-state index >= 15 is 0 Å². The number of aromatic nitrogens is 2. The topological polar surface area (TPSA) is 72.0 Å². The van der Waals surface area contributed by atoms with Crippen molar-refractivity contribution in [3.8, 4) is 10.4 Å². The van der Waals surface area contributed by atoms with Crippen LogP contribution in [0, 0.1) is 13.8 Å². The fourth-order valence-electron chi connectivity index (χ4n) is 3.02. The second kappa shape index (κ2) is 7.33. The summed E-state index contributed by atoms with van der Waals surface area (Å²) in [5, 5.41) is 4.49. The fourth-order valence-corrected chi connectivity index (χ4v) is 4.79. The van der Waals surface area contributed by atoms with Gasteiger partial charge in [0.25, 0.3) is 5.56 Å². The average molecular weight is 411 g/mol. The Balaban J connectivity index is 1.65. The lowest BCUT2D eigenvalue weighted by Crippen LogP contribution is -2.17. The number of aryl methyl sites for hydroxylation is 1. The summed E-state index contributed by atoms with van der Waals surface area (Å²) in [4.78, 5) is 34.3. The van der Waals surface area contributed by atoms with Crippen LogP contribution in [0.3, 0.4) is 0 Å². The van der Waals surface area contributed by atoms with E-state index in [2.05, 4.69) is 9.97 Å². The van der Waals surface area contributed by atoms with Crippen molar-refractivity contribution in [3.63, 3.8) is 0 Å². The molecule has 3 heterocycles. The summed E-state index contributed by atoms with van der Waals surface area (Å²) >= 11 is 2.99. The summed E-state index contributed by atoms with van der Waals surface area (Å²) in [6, 6.07) is 9.45. The number of nitrogens with zero attached hydrogens (tertiary/aromatic N) is 1. The molecule has 0 amide bonds. The van der Waals surface area contributed by atoms with Crippen LogP contribution in [0.1, 0.15) is 40.3 Å². The summed E-state index contributed by atoms with van der Waals surface area (Å²) in [7, 11) is 0. The van der Waals surface area contributed by atoms with Gasteiger partial charge >= 0.3 is 5.97 Å². The third-order valence-corrected chi connectivity index (χ3v) is 6.52. The van der Waals surface area contributed by atoms with E-state index in [0.717, 1.165) is 21.6 Å². The van der Waals surface area contributed by atoms with Crippen molar-refractivity contribution >= 4 is 38.9 Å². The van der Waals surface area contributed by atoms with E-state index in [1.54, 1.807) is 24.3 Å². The molecule has 0 bridgehead atoms. The molecule has 1 atom stereocenters. The van der Waals surface area contributed by atoms with Crippen LogP contribution in [-0.4, -0.2) is 15.9 Å². The van der Waals surface area contributed by atoms with Gasteiger partial charge in [-0.1, -0.05) is 18.2 Å². The monoisotopic (exact) mass is 410 g/mol. The molecule has 0 saturated carbocycles. The van der Waals surface area contributed by atoms with Crippen molar-refractivity contribution in [3.05, 3.63) is 74.0 Å². The van der Waals surface area contributed by atoms with Crippen LogP contribution in [0.25, 0.3) is 20.7 Å². The van der Waals surface area contributed by atoms with Gasteiger partial charge in [0.1, 0.15) is 4.83 Å². The lowest BCUT2D eigenvalue weighted by molar-refractivity contribution is 0.0319. The molecule has 0 spiro atoms. The normalized spacial score (nSPS) is 12.2. The Morgan fingerprint density at radius 2 is 2.00 bits per heavy atom. The molecule has 0 fully saturated rings. The largest absolute Gasteiger partial charge is 0.451 e. The molecule has 5 nitrogen and oxygen atoms in total. The second-order valence-electron chi connectivity index (χ2n) is 6.55. The van der Waals surface area contributed by atoms with Crippen molar-refractivity contribution in [2.75, 3.05) is 0 Å². The maximum absolute atomic E-state index is 12.7. The molecule has 28 heavy (non-hydrogen) atoms. The molecular weight excluding hydrogens is 392 g/mol. The summed E-state index contributed by atoms with van der Waals surface area (Å²) in [6.07, 6.45) is -0.670. The minimum Gasteiger partial charge on any atom is -0.451 e. The van der Waals surface area contributed by atoms with Crippen LogP contribution in [-0.2, 0) is 4.74 Å². The Hall–Kier alpha value is -2.77. The van der Waals surface area contributed by atoms with Gasteiger partial charge < -0.3 is 9.72 Å². The number of esters is 1. The molecule has 7 heteroatoms. The standard InChI is InChI=1S/C21H18N2O3S2/c1-11-6-4-7-14(12(11)2)21(25)26-13(3)18-22-19(24)17-15(10-28-20(17)23-18)16-8-5-9-27-16/h4-10,13H,1-3H3,(H,22,23,24)/t13-/m0/s1. The van der Waals surface area contributed by atoms with Gasteiger partial charge in [-0.3, -0.25) is 4.79 Å². The van der Waals surface area contributed by atoms with Gasteiger partial charge in [-0.15, -0.1) is 22.7 Å². The Labute approximate surface area is 169 Å². The molecule has 0 radical (unpaired) electrons. The lowest BCUT2D eigenvalue weighted by Gasteiger charge is -2.14. The van der Waals surface area contributed by atoms with Crippen LogP contribution >= 0.6 is 22.7 Å².